The summed E-state index contributed by atoms with van der Waals surface area (Å²) in [6.45, 7) is 3.04. The highest BCUT2D eigenvalue weighted by Crippen LogP contribution is 2.24. The van der Waals surface area contributed by atoms with Gasteiger partial charge in [0, 0.05) is 31.9 Å². The van der Waals surface area contributed by atoms with E-state index in [1.165, 1.54) is 6.07 Å². The minimum Gasteiger partial charge on any atom is -0.343 e. The van der Waals surface area contributed by atoms with Crippen molar-refractivity contribution in [3.63, 3.8) is 0 Å². The average molecular weight is 260 g/mol. The lowest BCUT2D eigenvalue weighted by molar-refractivity contribution is 0.630. The van der Waals surface area contributed by atoms with Crippen molar-refractivity contribution < 1.29 is 4.39 Å². The van der Waals surface area contributed by atoms with E-state index in [0.29, 0.717) is 30.3 Å². The summed E-state index contributed by atoms with van der Waals surface area (Å²) in [6, 6.07) is 6.61. The quantitative estimate of drug-likeness (QED) is 0.913. The van der Waals surface area contributed by atoms with Crippen molar-refractivity contribution in [1.82, 2.24) is 9.97 Å². The molecule has 0 spiro atoms. The van der Waals surface area contributed by atoms with Crippen molar-refractivity contribution in [1.29, 1.82) is 0 Å². The van der Waals surface area contributed by atoms with Gasteiger partial charge in [0.25, 0.3) is 0 Å². The van der Waals surface area contributed by atoms with Gasteiger partial charge in [-0.3, -0.25) is 0 Å². The van der Waals surface area contributed by atoms with Gasteiger partial charge in [0.1, 0.15) is 5.82 Å². The van der Waals surface area contributed by atoms with Gasteiger partial charge < -0.3 is 10.6 Å². The SMILES string of the molecule is Cc1cnc(N(C)CCN)nc1-c1ccccc1F. The van der Waals surface area contributed by atoms with Crippen LogP contribution in [0.25, 0.3) is 11.3 Å². The van der Waals surface area contributed by atoms with E-state index in [1.807, 2.05) is 18.9 Å². The van der Waals surface area contributed by atoms with Gasteiger partial charge in [0.15, 0.2) is 0 Å². The number of anilines is 1. The summed E-state index contributed by atoms with van der Waals surface area (Å²) in [7, 11) is 1.86. The van der Waals surface area contributed by atoms with Crippen LogP contribution in [0.15, 0.2) is 30.5 Å². The molecular weight excluding hydrogens is 243 g/mol. The Bertz CT molecular complexity index is 571. The molecule has 1 aromatic carbocycles. The van der Waals surface area contributed by atoms with Crippen LogP contribution in [0.4, 0.5) is 10.3 Å². The van der Waals surface area contributed by atoms with Crippen LogP contribution in [-0.4, -0.2) is 30.1 Å². The fraction of sp³-hybridized carbons (Fsp3) is 0.286. The average Bonchev–Trinajstić information content (AvgIpc) is 2.40. The summed E-state index contributed by atoms with van der Waals surface area (Å²) in [6.07, 6.45) is 1.71. The van der Waals surface area contributed by atoms with Gasteiger partial charge in [-0.05, 0) is 24.6 Å². The maximum absolute atomic E-state index is 13.8. The van der Waals surface area contributed by atoms with Crippen LogP contribution in [0.2, 0.25) is 0 Å². The van der Waals surface area contributed by atoms with E-state index < -0.39 is 0 Å². The highest BCUT2D eigenvalue weighted by molar-refractivity contribution is 5.64. The first-order valence-corrected chi connectivity index (χ1v) is 6.13. The molecule has 2 rings (SSSR count). The largest absolute Gasteiger partial charge is 0.343 e. The molecule has 0 unspecified atom stereocenters. The van der Waals surface area contributed by atoms with Crippen LogP contribution in [-0.2, 0) is 0 Å². The second-order valence-electron chi connectivity index (χ2n) is 4.39. The molecule has 0 aliphatic heterocycles. The smallest absolute Gasteiger partial charge is 0.225 e. The fourth-order valence-corrected chi connectivity index (χ4v) is 1.84. The Hall–Kier alpha value is -2.01. The highest BCUT2D eigenvalue weighted by atomic mass is 19.1. The third-order valence-corrected chi connectivity index (χ3v) is 2.89. The van der Waals surface area contributed by atoms with E-state index in [-0.39, 0.29) is 5.82 Å². The van der Waals surface area contributed by atoms with Crippen LogP contribution in [0.5, 0.6) is 0 Å². The summed E-state index contributed by atoms with van der Waals surface area (Å²) >= 11 is 0. The van der Waals surface area contributed by atoms with Crippen LogP contribution in [0.3, 0.4) is 0 Å². The lowest BCUT2D eigenvalue weighted by Crippen LogP contribution is -2.26. The minimum atomic E-state index is -0.281. The standard InChI is InChI=1S/C14H17FN4/c1-10-9-17-14(19(2)8-7-16)18-13(10)11-5-3-4-6-12(11)15/h3-6,9H,7-8,16H2,1-2H3. The van der Waals surface area contributed by atoms with Gasteiger partial charge >= 0.3 is 0 Å². The van der Waals surface area contributed by atoms with Crippen LogP contribution in [0, 0.1) is 12.7 Å². The zero-order valence-corrected chi connectivity index (χ0v) is 11.1. The van der Waals surface area contributed by atoms with Gasteiger partial charge in [-0.25, -0.2) is 14.4 Å². The predicted molar refractivity (Wildman–Crippen MR) is 74.5 cm³/mol. The Labute approximate surface area is 112 Å². The second kappa shape index (κ2) is 5.75. The van der Waals surface area contributed by atoms with Crippen molar-refractivity contribution >= 4 is 5.95 Å². The summed E-state index contributed by atoms with van der Waals surface area (Å²) < 4.78 is 13.8. The minimum absolute atomic E-state index is 0.281. The summed E-state index contributed by atoms with van der Waals surface area (Å²) in [5.74, 6) is 0.269. The second-order valence-corrected chi connectivity index (χ2v) is 4.39. The molecule has 0 amide bonds. The molecule has 0 aliphatic carbocycles. The van der Waals surface area contributed by atoms with Crippen molar-refractivity contribution in [2.24, 2.45) is 5.73 Å². The Morgan fingerprint density at radius 2 is 2.05 bits per heavy atom. The third kappa shape index (κ3) is 2.88. The van der Waals surface area contributed by atoms with Crippen molar-refractivity contribution in [2.75, 3.05) is 25.0 Å². The summed E-state index contributed by atoms with van der Waals surface area (Å²) in [5, 5.41) is 0. The predicted octanol–water partition coefficient (Wildman–Crippen LogP) is 1.99. The Morgan fingerprint density at radius 3 is 2.74 bits per heavy atom. The number of nitrogens with zero attached hydrogens (tertiary/aromatic N) is 3. The molecule has 0 fully saturated rings. The molecule has 0 radical (unpaired) electrons. The van der Waals surface area contributed by atoms with Crippen LogP contribution >= 0.6 is 0 Å². The highest BCUT2D eigenvalue weighted by Gasteiger charge is 2.12. The molecule has 0 saturated heterocycles. The number of benzene rings is 1. The number of hydrogen-bond donors (Lipinski definition) is 1. The molecule has 19 heavy (non-hydrogen) atoms. The number of likely N-dealkylation sites (N-methyl/N-ethyl adjacent to an activating group) is 1. The number of rotatable bonds is 4. The number of halogens is 1. The van der Waals surface area contributed by atoms with Crippen molar-refractivity contribution in [3.05, 3.63) is 41.8 Å². The van der Waals surface area contributed by atoms with Crippen LogP contribution in [0.1, 0.15) is 5.56 Å². The fourth-order valence-electron chi connectivity index (χ4n) is 1.84. The molecule has 5 heteroatoms. The van der Waals surface area contributed by atoms with Gasteiger partial charge in [0.05, 0.1) is 5.69 Å². The first-order valence-electron chi connectivity index (χ1n) is 6.13. The molecule has 0 saturated carbocycles. The third-order valence-electron chi connectivity index (χ3n) is 2.89. The maximum atomic E-state index is 13.8. The molecule has 1 heterocycles. The molecule has 4 nitrogen and oxygen atoms in total. The number of aryl methyl sites for hydroxylation is 1. The van der Waals surface area contributed by atoms with E-state index >= 15 is 0 Å². The topological polar surface area (TPSA) is 55.0 Å². The van der Waals surface area contributed by atoms with Gasteiger partial charge in [-0.1, -0.05) is 12.1 Å². The van der Waals surface area contributed by atoms with E-state index in [4.69, 9.17) is 5.73 Å². The zero-order chi connectivity index (χ0) is 13.8. The molecule has 2 N–H and O–H groups in total. The molecular formula is C14H17FN4. The lowest BCUT2D eigenvalue weighted by Gasteiger charge is -2.17. The van der Waals surface area contributed by atoms with Crippen molar-refractivity contribution in [3.8, 4) is 11.3 Å². The summed E-state index contributed by atoms with van der Waals surface area (Å²) in [4.78, 5) is 10.5. The first kappa shape index (κ1) is 13.4. The summed E-state index contributed by atoms with van der Waals surface area (Å²) in [5.41, 5.74) is 7.46. The van der Waals surface area contributed by atoms with Crippen LogP contribution < -0.4 is 10.6 Å². The van der Waals surface area contributed by atoms with Gasteiger partial charge in [-0.15, -0.1) is 0 Å². The first-order chi connectivity index (χ1) is 9.13. The van der Waals surface area contributed by atoms with E-state index in [1.54, 1.807) is 24.4 Å². The zero-order valence-electron chi connectivity index (χ0n) is 11.1. The molecule has 0 bridgehead atoms. The lowest BCUT2D eigenvalue weighted by atomic mass is 10.1. The van der Waals surface area contributed by atoms with Crippen molar-refractivity contribution in [2.45, 2.75) is 6.92 Å². The normalized spacial score (nSPS) is 10.5. The molecule has 2 aromatic rings. The Morgan fingerprint density at radius 1 is 1.32 bits per heavy atom. The Balaban J connectivity index is 2.46. The molecule has 0 atom stereocenters. The molecule has 1 aromatic heterocycles. The Kier molecular flexibility index (Phi) is 4.06. The molecule has 100 valence electrons. The molecule has 0 aliphatic rings. The van der Waals surface area contributed by atoms with E-state index in [2.05, 4.69) is 9.97 Å². The number of aromatic nitrogens is 2. The van der Waals surface area contributed by atoms with E-state index in [9.17, 15) is 4.39 Å². The number of hydrogen-bond acceptors (Lipinski definition) is 4. The monoisotopic (exact) mass is 260 g/mol. The van der Waals surface area contributed by atoms with Gasteiger partial charge in [-0.2, -0.15) is 0 Å². The number of nitrogens with two attached hydrogens (primary N) is 1. The van der Waals surface area contributed by atoms with Gasteiger partial charge in [0.2, 0.25) is 5.95 Å². The maximum Gasteiger partial charge on any atom is 0.225 e. The van der Waals surface area contributed by atoms with E-state index in [0.717, 1.165) is 5.56 Å².